The molecule has 7 heteroatoms. The summed E-state index contributed by atoms with van der Waals surface area (Å²) in [7, 11) is -2.13. The van der Waals surface area contributed by atoms with E-state index in [0.717, 1.165) is 0 Å². The van der Waals surface area contributed by atoms with Crippen molar-refractivity contribution in [3.8, 4) is 0 Å². The fraction of sp³-hybridized carbons (Fsp3) is 0.250. The number of sulfonamides is 1. The van der Waals surface area contributed by atoms with Gasteiger partial charge in [0, 0.05) is 13.1 Å². The number of anilines is 1. The number of aryl methyl sites for hydroxylation is 3. The molecule has 0 amide bonds. The molecule has 0 saturated carbocycles. The first-order chi connectivity index (χ1) is 8.81. The number of benzene rings is 1. The number of hydrogen-bond donors (Lipinski definition) is 1. The van der Waals surface area contributed by atoms with E-state index in [2.05, 4.69) is 9.82 Å². The molecular formula is C12H14FN3O2S. The van der Waals surface area contributed by atoms with Crippen LogP contribution in [0.4, 0.5) is 10.2 Å². The van der Waals surface area contributed by atoms with Crippen molar-refractivity contribution in [1.29, 1.82) is 0 Å². The lowest BCUT2D eigenvalue weighted by atomic mass is 10.1. The highest BCUT2D eigenvalue weighted by molar-refractivity contribution is 7.92. The summed E-state index contributed by atoms with van der Waals surface area (Å²) in [6, 6.07) is 3.95. The summed E-state index contributed by atoms with van der Waals surface area (Å²) >= 11 is 0. The lowest BCUT2D eigenvalue weighted by Crippen LogP contribution is -2.17. The molecule has 0 spiro atoms. The second-order valence-electron chi connectivity index (χ2n) is 4.31. The lowest BCUT2D eigenvalue weighted by molar-refractivity contribution is 0.596. The Balaban J connectivity index is 2.49. The summed E-state index contributed by atoms with van der Waals surface area (Å²) in [6.07, 6.45) is 1.49. The number of aromatic nitrogens is 2. The summed E-state index contributed by atoms with van der Waals surface area (Å²) in [5, 5.41) is 3.88. The Morgan fingerprint density at radius 1 is 1.26 bits per heavy atom. The maximum absolute atomic E-state index is 13.2. The average molecular weight is 283 g/mol. The normalized spacial score (nSPS) is 11.6. The van der Waals surface area contributed by atoms with Crippen LogP contribution in [-0.4, -0.2) is 18.2 Å². The summed E-state index contributed by atoms with van der Waals surface area (Å²) in [6.45, 7) is 3.13. The van der Waals surface area contributed by atoms with Gasteiger partial charge in [-0.25, -0.2) is 12.8 Å². The van der Waals surface area contributed by atoms with Crippen molar-refractivity contribution in [3.05, 3.63) is 41.3 Å². The zero-order valence-corrected chi connectivity index (χ0v) is 11.6. The summed E-state index contributed by atoms with van der Waals surface area (Å²) in [5.41, 5.74) is 0.735. The highest BCUT2D eigenvalue weighted by atomic mass is 32.2. The minimum atomic E-state index is -3.76. The van der Waals surface area contributed by atoms with Crippen molar-refractivity contribution >= 4 is 15.8 Å². The Bertz CT molecular complexity index is 699. The molecule has 102 valence electrons. The highest BCUT2D eigenvalue weighted by Gasteiger charge is 2.21. The molecule has 1 aromatic heterocycles. The van der Waals surface area contributed by atoms with E-state index in [1.807, 2.05) is 0 Å². The van der Waals surface area contributed by atoms with Crippen molar-refractivity contribution in [2.45, 2.75) is 18.7 Å². The van der Waals surface area contributed by atoms with E-state index in [1.165, 1.54) is 23.0 Å². The number of nitrogens with zero attached hydrogens (tertiary/aromatic N) is 2. The third kappa shape index (κ3) is 2.60. The summed E-state index contributed by atoms with van der Waals surface area (Å²) in [4.78, 5) is 0.0927. The van der Waals surface area contributed by atoms with E-state index in [4.69, 9.17) is 0 Å². The van der Waals surface area contributed by atoms with Crippen molar-refractivity contribution < 1.29 is 12.8 Å². The van der Waals surface area contributed by atoms with Crippen LogP contribution in [0.5, 0.6) is 0 Å². The van der Waals surface area contributed by atoms with Gasteiger partial charge >= 0.3 is 0 Å². The second kappa shape index (κ2) is 4.65. The van der Waals surface area contributed by atoms with Gasteiger partial charge in [0.2, 0.25) is 0 Å². The van der Waals surface area contributed by atoms with Gasteiger partial charge in [0.15, 0.2) is 0 Å². The minimum absolute atomic E-state index is 0.0927. The van der Waals surface area contributed by atoms with Gasteiger partial charge in [0.25, 0.3) is 10.0 Å². The predicted octanol–water partition coefficient (Wildman–Crippen LogP) is 1.98. The van der Waals surface area contributed by atoms with Crippen LogP contribution in [0.1, 0.15) is 11.1 Å². The van der Waals surface area contributed by atoms with Crippen LogP contribution in [0.15, 0.2) is 29.3 Å². The topological polar surface area (TPSA) is 64.0 Å². The predicted molar refractivity (Wildman–Crippen MR) is 69.9 cm³/mol. The summed E-state index contributed by atoms with van der Waals surface area (Å²) < 4.78 is 41.7. The van der Waals surface area contributed by atoms with Crippen LogP contribution in [0.2, 0.25) is 0 Å². The highest BCUT2D eigenvalue weighted by Crippen LogP contribution is 2.23. The first kappa shape index (κ1) is 13.5. The average Bonchev–Trinajstić information content (AvgIpc) is 2.61. The van der Waals surface area contributed by atoms with Crippen LogP contribution >= 0.6 is 0 Å². The third-order valence-corrected chi connectivity index (χ3v) is 4.41. The standard InChI is InChI=1S/C12H14FN3O2S/c1-8-6-10(13)7-9(2)12(8)19(17,18)15-11-4-5-14-16(11)3/h4-7,15H,1-3H3. The largest absolute Gasteiger partial charge is 0.264 e. The molecule has 0 bridgehead atoms. The van der Waals surface area contributed by atoms with Crippen molar-refractivity contribution in [1.82, 2.24) is 9.78 Å². The molecular weight excluding hydrogens is 269 g/mol. The smallest absolute Gasteiger partial charge is 0.263 e. The van der Waals surface area contributed by atoms with E-state index < -0.39 is 15.8 Å². The fourth-order valence-electron chi connectivity index (χ4n) is 1.98. The Labute approximate surface area is 111 Å². The fourth-order valence-corrected chi connectivity index (χ4v) is 3.53. The van der Waals surface area contributed by atoms with Crippen LogP contribution in [-0.2, 0) is 17.1 Å². The number of nitrogens with one attached hydrogen (secondary N) is 1. The molecule has 0 aliphatic heterocycles. The first-order valence-corrected chi connectivity index (χ1v) is 7.07. The van der Waals surface area contributed by atoms with Gasteiger partial charge in [0.05, 0.1) is 11.1 Å². The van der Waals surface area contributed by atoms with E-state index in [0.29, 0.717) is 16.9 Å². The van der Waals surface area contributed by atoms with Gasteiger partial charge in [-0.05, 0) is 37.1 Å². The maximum atomic E-state index is 13.2. The van der Waals surface area contributed by atoms with Crippen LogP contribution in [0.25, 0.3) is 0 Å². The molecule has 0 radical (unpaired) electrons. The quantitative estimate of drug-likeness (QED) is 0.936. The Hall–Kier alpha value is -1.89. The van der Waals surface area contributed by atoms with Gasteiger partial charge in [0.1, 0.15) is 11.6 Å². The van der Waals surface area contributed by atoms with Gasteiger partial charge < -0.3 is 0 Å². The molecule has 0 unspecified atom stereocenters. The molecule has 2 rings (SSSR count). The molecule has 5 nitrogen and oxygen atoms in total. The van der Waals surface area contributed by atoms with E-state index >= 15 is 0 Å². The number of hydrogen-bond acceptors (Lipinski definition) is 3. The lowest BCUT2D eigenvalue weighted by Gasteiger charge is -2.13. The van der Waals surface area contributed by atoms with Crippen LogP contribution < -0.4 is 4.72 Å². The molecule has 19 heavy (non-hydrogen) atoms. The van der Waals surface area contributed by atoms with Crippen molar-refractivity contribution in [3.63, 3.8) is 0 Å². The molecule has 0 aliphatic rings. The molecule has 1 heterocycles. The monoisotopic (exact) mass is 283 g/mol. The minimum Gasteiger partial charge on any atom is -0.264 e. The van der Waals surface area contributed by atoms with Crippen LogP contribution in [0, 0.1) is 19.7 Å². The van der Waals surface area contributed by atoms with Gasteiger partial charge in [-0.3, -0.25) is 9.40 Å². The van der Waals surface area contributed by atoms with Crippen LogP contribution in [0.3, 0.4) is 0 Å². The molecule has 0 aliphatic carbocycles. The molecule has 0 atom stereocenters. The molecule has 1 aromatic carbocycles. The third-order valence-electron chi connectivity index (χ3n) is 2.75. The first-order valence-electron chi connectivity index (χ1n) is 5.59. The van der Waals surface area contributed by atoms with E-state index in [1.54, 1.807) is 27.0 Å². The van der Waals surface area contributed by atoms with Gasteiger partial charge in [-0.2, -0.15) is 5.10 Å². The SMILES string of the molecule is Cc1cc(F)cc(C)c1S(=O)(=O)Nc1ccnn1C. The molecule has 2 aromatic rings. The Morgan fingerprint density at radius 2 is 1.84 bits per heavy atom. The molecule has 0 fully saturated rings. The van der Waals surface area contributed by atoms with Crippen molar-refractivity contribution in [2.75, 3.05) is 4.72 Å². The maximum Gasteiger partial charge on any atom is 0.263 e. The Morgan fingerprint density at radius 3 is 2.32 bits per heavy atom. The van der Waals surface area contributed by atoms with Gasteiger partial charge in [-0.15, -0.1) is 0 Å². The van der Waals surface area contributed by atoms with E-state index in [9.17, 15) is 12.8 Å². The zero-order valence-electron chi connectivity index (χ0n) is 10.8. The number of halogens is 1. The zero-order chi connectivity index (χ0) is 14.2. The summed E-state index contributed by atoms with van der Waals surface area (Å²) in [5.74, 6) is -0.0994. The Kier molecular flexibility index (Phi) is 3.32. The number of rotatable bonds is 3. The van der Waals surface area contributed by atoms with E-state index in [-0.39, 0.29) is 4.90 Å². The van der Waals surface area contributed by atoms with Crippen molar-refractivity contribution in [2.24, 2.45) is 7.05 Å². The second-order valence-corrected chi connectivity index (χ2v) is 5.93. The molecule has 1 N–H and O–H groups in total. The molecule has 0 saturated heterocycles. The van der Waals surface area contributed by atoms with Gasteiger partial charge in [-0.1, -0.05) is 0 Å².